The molecular formula is C22H23N3O2S2. The van der Waals surface area contributed by atoms with E-state index >= 15 is 0 Å². The number of hydrogen-bond donors (Lipinski definition) is 2. The van der Waals surface area contributed by atoms with Crippen LogP contribution in [0.3, 0.4) is 0 Å². The molecular weight excluding hydrogens is 402 g/mol. The summed E-state index contributed by atoms with van der Waals surface area (Å²) in [5.41, 5.74) is 8.60. The lowest BCUT2D eigenvalue weighted by Gasteiger charge is -2.19. The molecule has 2 aromatic carbocycles. The van der Waals surface area contributed by atoms with Gasteiger partial charge < -0.3 is 11.1 Å². The molecule has 3 aromatic rings. The fourth-order valence-electron chi connectivity index (χ4n) is 2.67. The molecule has 0 unspecified atom stereocenters. The van der Waals surface area contributed by atoms with E-state index in [9.17, 15) is 9.59 Å². The number of nitrogens with zero attached hydrogens (tertiary/aromatic N) is 1. The van der Waals surface area contributed by atoms with Crippen molar-refractivity contribution in [3.63, 3.8) is 0 Å². The van der Waals surface area contributed by atoms with Gasteiger partial charge in [0, 0.05) is 11.1 Å². The Morgan fingerprint density at radius 3 is 2.31 bits per heavy atom. The Morgan fingerprint density at radius 1 is 1.07 bits per heavy atom. The fourth-order valence-corrected chi connectivity index (χ4v) is 4.47. The highest BCUT2D eigenvalue weighted by molar-refractivity contribution is 8.01. The Labute approximate surface area is 178 Å². The summed E-state index contributed by atoms with van der Waals surface area (Å²) in [4.78, 5) is 28.5. The molecule has 0 bridgehead atoms. The quantitative estimate of drug-likeness (QED) is 0.548. The van der Waals surface area contributed by atoms with Crippen LogP contribution in [0, 0.1) is 0 Å². The molecule has 5 nitrogen and oxygen atoms in total. The Kier molecular flexibility index (Phi) is 6.39. The monoisotopic (exact) mass is 425 g/mol. The number of benzene rings is 2. The van der Waals surface area contributed by atoms with Crippen LogP contribution in [0.5, 0.6) is 0 Å². The van der Waals surface area contributed by atoms with Crippen LogP contribution in [0.25, 0.3) is 11.3 Å². The maximum atomic E-state index is 12.8. The molecule has 0 spiro atoms. The first-order chi connectivity index (χ1) is 13.7. The number of thioether (sulfide) groups is 1. The molecule has 3 N–H and O–H groups in total. The van der Waals surface area contributed by atoms with Crippen LogP contribution >= 0.6 is 23.1 Å². The number of carbonyl (C=O) groups is 2. The molecule has 7 heteroatoms. The zero-order valence-corrected chi connectivity index (χ0v) is 18.2. The molecule has 0 atom stereocenters. The van der Waals surface area contributed by atoms with Gasteiger partial charge in [0.25, 0.3) is 5.91 Å². The summed E-state index contributed by atoms with van der Waals surface area (Å²) in [5.74, 6) is -0.461. The second-order valence-electron chi connectivity index (χ2n) is 7.56. The molecule has 0 aliphatic heterocycles. The Morgan fingerprint density at radius 2 is 1.72 bits per heavy atom. The van der Waals surface area contributed by atoms with E-state index in [0.29, 0.717) is 20.6 Å². The molecule has 1 heterocycles. The summed E-state index contributed by atoms with van der Waals surface area (Å²) in [6.45, 7) is 6.41. The minimum atomic E-state index is -0.406. The van der Waals surface area contributed by atoms with Crippen molar-refractivity contribution in [2.24, 2.45) is 5.73 Å². The molecule has 3 rings (SSSR count). The first-order valence-electron chi connectivity index (χ1n) is 9.13. The number of aromatic nitrogens is 1. The average Bonchev–Trinajstić information content (AvgIpc) is 3.09. The van der Waals surface area contributed by atoms with Gasteiger partial charge in [0.15, 0.2) is 4.34 Å². The van der Waals surface area contributed by atoms with Crippen molar-refractivity contribution in [2.45, 2.75) is 30.5 Å². The largest absolute Gasteiger partial charge is 0.369 e. The minimum Gasteiger partial charge on any atom is -0.369 e. The lowest BCUT2D eigenvalue weighted by molar-refractivity contribution is -0.115. The number of primary amides is 1. The summed E-state index contributed by atoms with van der Waals surface area (Å²) in [6, 6.07) is 17.3. The van der Waals surface area contributed by atoms with Gasteiger partial charge in [-0.25, -0.2) is 4.98 Å². The summed E-state index contributed by atoms with van der Waals surface area (Å²) in [6.07, 6.45) is 0. The van der Waals surface area contributed by atoms with Crippen molar-refractivity contribution in [3.05, 3.63) is 65.7 Å². The number of thiazole rings is 1. The number of carbonyl (C=O) groups excluding carboxylic acids is 2. The standard InChI is InChI=1S/C22H23N3O2S2/c1-22(2,3)16-11-9-15(10-12-16)19(27)25-20-18(14-7-5-4-6-8-14)24-21(29-20)28-13-17(23)26/h4-12H,13H2,1-3H3,(H2,23,26)(H,25,27). The SMILES string of the molecule is CC(C)(C)c1ccc(C(=O)Nc2sc(SCC(N)=O)nc2-c2ccccc2)cc1. The number of hydrogen-bond acceptors (Lipinski definition) is 5. The Hall–Kier alpha value is -2.64. The lowest BCUT2D eigenvalue weighted by Crippen LogP contribution is -2.14. The molecule has 150 valence electrons. The number of amides is 2. The van der Waals surface area contributed by atoms with E-state index < -0.39 is 5.91 Å². The summed E-state index contributed by atoms with van der Waals surface area (Å²) < 4.78 is 0.682. The number of anilines is 1. The highest BCUT2D eigenvalue weighted by Gasteiger charge is 2.18. The van der Waals surface area contributed by atoms with E-state index in [0.717, 1.165) is 5.56 Å². The smallest absolute Gasteiger partial charge is 0.256 e. The van der Waals surface area contributed by atoms with E-state index in [1.54, 1.807) is 0 Å². The third-order valence-electron chi connectivity index (χ3n) is 4.23. The highest BCUT2D eigenvalue weighted by atomic mass is 32.2. The maximum Gasteiger partial charge on any atom is 0.256 e. The van der Waals surface area contributed by atoms with E-state index in [2.05, 4.69) is 31.1 Å². The second-order valence-corrected chi connectivity index (χ2v) is 9.78. The topological polar surface area (TPSA) is 85.1 Å². The van der Waals surface area contributed by atoms with Crippen LogP contribution in [-0.2, 0) is 10.2 Å². The van der Waals surface area contributed by atoms with Gasteiger partial charge in [-0.05, 0) is 23.1 Å². The van der Waals surface area contributed by atoms with Crippen LogP contribution in [0.15, 0.2) is 58.9 Å². The van der Waals surface area contributed by atoms with Gasteiger partial charge in [-0.2, -0.15) is 0 Å². The molecule has 0 radical (unpaired) electrons. The van der Waals surface area contributed by atoms with Crippen LogP contribution in [0.4, 0.5) is 5.00 Å². The fraction of sp³-hybridized carbons (Fsp3) is 0.227. The van der Waals surface area contributed by atoms with Crippen molar-refractivity contribution in [1.82, 2.24) is 4.98 Å². The Balaban J connectivity index is 1.86. The van der Waals surface area contributed by atoms with E-state index in [1.807, 2.05) is 54.6 Å². The minimum absolute atomic E-state index is 0.0275. The third kappa shape index (κ3) is 5.46. The van der Waals surface area contributed by atoms with Gasteiger partial charge in [-0.3, -0.25) is 9.59 Å². The van der Waals surface area contributed by atoms with Crippen LogP contribution in [0.2, 0.25) is 0 Å². The van der Waals surface area contributed by atoms with Crippen molar-refractivity contribution >= 4 is 39.9 Å². The van der Waals surface area contributed by atoms with Crippen molar-refractivity contribution in [3.8, 4) is 11.3 Å². The van der Waals surface area contributed by atoms with Gasteiger partial charge in [0.2, 0.25) is 5.91 Å². The zero-order chi connectivity index (χ0) is 21.0. The van der Waals surface area contributed by atoms with E-state index in [4.69, 9.17) is 5.73 Å². The van der Waals surface area contributed by atoms with E-state index in [1.165, 1.54) is 28.7 Å². The number of rotatable bonds is 6. The maximum absolute atomic E-state index is 12.8. The Bertz CT molecular complexity index is 1010. The zero-order valence-electron chi connectivity index (χ0n) is 16.6. The number of nitrogens with one attached hydrogen (secondary N) is 1. The van der Waals surface area contributed by atoms with Gasteiger partial charge in [-0.1, -0.05) is 86.3 Å². The molecule has 1 aromatic heterocycles. The van der Waals surface area contributed by atoms with Gasteiger partial charge in [0.05, 0.1) is 5.75 Å². The van der Waals surface area contributed by atoms with Crippen LogP contribution < -0.4 is 11.1 Å². The lowest BCUT2D eigenvalue weighted by atomic mass is 9.87. The predicted octanol–water partition coefficient (Wildman–Crippen LogP) is 4.94. The van der Waals surface area contributed by atoms with E-state index in [-0.39, 0.29) is 17.1 Å². The van der Waals surface area contributed by atoms with Crippen LogP contribution in [-0.4, -0.2) is 22.6 Å². The summed E-state index contributed by atoms with van der Waals surface area (Å²) in [7, 11) is 0. The van der Waals surface area contributed by atoms with Crippen molar-refractivity contribution < 1.29 is 9.59 Å². The molecule has 0 saturated carbocycles. The molecule has 0 aliphatic rings. The summed E-state index contributed by atoms with van der Waals surface area (Å²) >= 11 is 2.61. The first-order valence-corrected chi connectivity index (χ1v) is 10.9. The second kappa shape index (κ2) is 8.80. The normalized spacial score (nSPS) is 11.3. The highest BCUT2D eigenvalue weighted by Crippen LogP contribution is 2.37. The first kappa shape index (κ1) is 21.1. The van der Waals surface area contributed by atoms with Gasteiger partial charge in [-0.15, -0.1) is 0 Å². The molecule has 0 fully saturated rings. The molecule has 0 aliphatic carbocycles. The molecule has 0 saturated heterocycles. The number of nitrogens with two attached hydrogens (primary N) is 1. The van der Waals surface area contributed by atoms with Crippen molar-refractivity contribution in [1.29, 1.82) is 0 Å². The average molecular weight is 426 g/mol. The molecule has 2 amide bonds. The summed E-state index contributed by atoms with van der Waals surface area (Å²) in [5, 5.41) is 3.63. The van der Waals surface area contributed by atoms with Crippen LogP contribution in [0.1, 0.15) is 36.7 Å². The predicted molar refractivity (Wildman–Crippen MR) is 121 cm³/mol. The molecule has 29 heavy (non-hydrogen) atoms. The third-order valence-corrected chi connectivity index (χ3v) is 6.37. The van der Waals surface area contributed by atoms with Gasteiger partial charge >= 0.3 is 0 Å². The van der Waals surface area contributed by atoms with Gasteiger partial charge in [0.1, 0.15) is 10.7 Å². The van der Waals surface area contributed by atoms with Crippen molar-refractivity contribution in [2.75, 3.05) is 11.1 Å².